The fourth-order valence-corrected chi connectivity index (χ4v) is 3.89. The molecule has 1 aliphatic carbocycles. The van der Waals surface area contributed by atoms with Gasteiger partial charge >= 0.3 is 23.9 Å². The molecule has 0 aromatic rings. The van der Waals surface area contributed by atoms with Crippen LogP contribution >= 0.6 is 0 Å². The summed E-state index contributed by atoms with van der Waals surface area (Å²) in [5.41, 5.74) is -1.19. The van der Waals surface area contributed by atoms with Crippen LogP contribution in [0.5, 0.6) is 0 Å². The molecule has 5 unspecified atom stereocenters. The van der Waals surface area contributed by atoms with Crippen molar-refractivity contribution in [2.24, 2.45) is 17.8 Å². The van der Waals surface area contributed by atoms with Crippen molar-refractivity contribution in [3.05, 3.63) is 23.5 Å². The summed E-state index contributed by atoms with van der Waals surface area (Å²) in [6, 6.07) is 0. The van der Waals surface area contributed by atoms with Gasteiger partial charge in [0.1, 0.15) is 13.2 Å². The Bertz CT molecular complexity index is 873. The molecule has 0 fully saturated rings. The summed E-state index contributed by atoms with van der Waals surface area (Å²) < 4.78 is 27.0. The first-order chi connectivity index (χ1) is 16.4. The van der Waals surface area contributed by atoms with Crippen molar-refractivity contribution in [3.8, 4) is 0 Å². The molecule has 0 saturated carbocycles. The molecule has 35 heavy (non-hydrogen) atoms. The minimum atomic E-state index is -2.00. The second-order valence-electron chi connectivity index (χ2n) is 9.51. The summed E-state index contributed by atoms with van der Waals surface area (Å²) in [7, 11) is 0. The molecule has 2 rings (SSSR count). The van der Waals surface area contributed by atoms with Gasteiger partial charge in [-0.1, -0.05) is 34.1 Å². The number of esters is 4. The highest BCUT2D eigenvalue weighted by molar-refractivity contribution is 5.71. The lowest BCUT2D eigenvalue weighted by Crippen LogP contribution is -2.55. The molecule has 0 aromatic carbocycles. The Kier molecular flexibility index (Phi) is 9.88. The van der Waals surface area contributed by atoms with Crippen LogP contribution < -0.4 is 0 Å². The van der Waals surface area contributed by atoms with E-state index in [2.05, 4.69) is 0 Å². The van der Waals surface area contributed by atoms with E-state index in [-0.39, 0.29) is 31.3 Å². The Labute approximate surface area is 205 Å². The molecule has 5 atom stereocenters. The lowest BCUT2D eigenvalue weighted by Gasteiger charge is -2.40. The van der Waals surface area contributed by atoms with E-state index in [1.54, 1.807) is 0 Å². The van der Waals surface area contributed by atoms with Crippen LogP contribution in [0, 0.1) is 17.8 Å². The summed E-state index contributed by atoms with van der Waals surface area (Å²) in [5, 5.41) is 11.8. The van der Waals surface area contributed by atoms with E-state index in [4.69, 9.17) is 23.7 Å². The van der Waals surface area contributed by atoms with Crippen molar-refractivity contribution >= 4 is 23.9 Å². The van der Waals surface area contributed by atoms with Crippen molar-refractivity contribution in [1.29, 1.82) is 0 Å². The quantitative estimate of drug-likeness (QED) is 0.336. The molecule has 0 aromatic heterocycles. The monoisotopic (exact) mass is 496 g/mol. The van der Waals surface area contributed by atoms with Crippen LogP contribution in [0.1, 0.15) is 60.8 Å². The van der Waals surface area contributed by atoms with Crippen LogP contribution in [-0.2, 0) is 42.9 Å². The van der Waals surface area contributed by atoms with Gasteiger partial charge < -0.3 is 28.8 Å². The lowest BCUT2D eigenvalue weighted by atomic mass is 9.82. The fourth-order valence-electron chi connectivity index (χ4n) is 3.89. The summed E-state index contributed by atoms with van der Waals surface area (Å²) in [5.74, 6) is -3.26. The summed E-state index contributed by atoms with van der Waals surface area (Å²) >= 11 is 0. The van der Waals surface area contributed by atoms with Gasteiger partial charge in [0.2, 0.25) is 0 Å². The molecule has 0 spiro atoms. The minimum absolute atomic E-state index is 0.0115. The van der Waals surface area contributed by atoms with E-state index in [0.717, 1.165) is 6.42 Å². The molecule has 196 valence electrons. The summed E-state index contributed by atoms with van der Waals surface area (Å²) in [6.45, 7) is 9.25. The molecule has 2 aliphatic rings. The Balaban J connectivity index is 2.44. The zero-order valence-corrected chi connectivity index (χ0v) is 21.2. The highest BCUT2D eigenvalue weighted by Gasteiger charge is 2.59. The zero-order valence-electron chi connectivity index (χ0n) is 21.2. The SMILES string of the molecule is CCC(C)CC(=O)OC1OC=C(COC(C)=O)C2=CC(OC(=O)CC(C)C)C(O)(COC(C)=O)C21. The van der Waals surface area contributed by atoms with Gasteiger partial charge in [-0.2, -0.15) is 0 Å². The van der Waals surface area contributed by atoms with Crippen molar-refractivity contribution in [2.45, 2.75) is 78.8 Å². The number of ether oxygens (including phenoxy) is 5. The van der Waals surface area contributed by atoms with E-state index < -0.39 is 54.4 Å². The topological polar surface area (TPSA) is 135 Å². The minimum Gasteiger partial charge on any atom is -0.463 e. The number of rotatable bonds is 11. The predicted octanol–water partition coefficient (Wildman–Crippen LogP) is 2.58. The van der Waals surface area contributed by atoms with E-state index in [0.29, 0.717) is 11.1 Å². The molecular formula is C25H36O10. The molecule has 1 N–H and O–H groups in total. The molecule has 0 bridgehead atoms. The molecule has 0 radical (unpaired) electrons. The van der Waals surface area contributed by atoms with Gasteiger partial charge in [-0.05, 0) is 23.5 Å². The third kappa shape index (κ3) is 7.55. The Hall–Kier alpha value is -2.88. The van der Waals surface area contributed by atoms with Gasteiger partial charge in [0, 0.05) is 32.3 Å². The standard InChI is InChI=1S/C25H36O10/c1-7-15(4)9-22(29)35-24-23-19(18(12-32-24)11-31-16(5)26)10-20(34-21(28)8-14(2)3)25(23,30)13-33-17(6)27/h10,12,14-15,20,23-24,30H,7-9,11,13H2,1-6H3. The Morgan fingerprint density at radius 1 is 1.03 bits per heavy atom. The van der Waals surface area contributed by atoms with Gasteiger partial charge in [0.25, 0.3) is 6.29 Å². The van der Waals surface area contributed by atoms with E-state index in [1.165, 1.54) is 26.2 Å². The van der Waals surface area contributed by atoms with Gasteiger partial charge in [-0.3, -0.25) is 19.2 Å². The fraction of sp³-hybridized carbons (Fsp3) is 0.680. The number of hydrogen-bond donors (Lipinski definition) is 1. The first-order valence-electron chi connectivity index (χ1n) is 11.8. The highest BCUT2D eigenvalue weighted by atomic mass is 16.7. The smallest absolute Gasteiger partial charge is 0.309 e. The number of fused-ring (bicyclic) bond motifs is 1. The van der Waals surface area contributed by atoms with Crippen molar-refractivity contribution < 1.29 is 48.0 Å². The number of carbonyl (C=O) groups is 4. The number of hydrogen-bond acceptors (Lipinski definition) is 10. The Morgan fingerprint density at radius 2 is 1.66 bits per heavy atom. The highest BCUT2D eigenvalue weighted by Crippen LogP contribution is 2.47. The van der Waals surface area contributed by atoms with Crippen molar-refractivity contribution in [1.82, 2.24) is 0 Å². The lowest BCUT2D eigenvalue weighted by molar-refractivity contribution is -0.217. The van der Waals surface area contributed by atoms with Crippen molar-refractivity contribution in [3.63, 3.8) is 0 Å². The second-order valence-corrected chi connectivity index (χ2v) is 9.51. The molecule has 1 heterocycles. The van der Waals surface area contributed by atoms with Gasteiger partial charge in [0.15, 0.2) is 11.7 Å². The van der Waals surface area contributed by atoms with Crippen LogP contribution in [0.3, 0.4) is 0 Å². The molecule has 10 nitrogen and oxygen atoms in total. The maximum atomic E-state index is 12.6. The van der Waals surface area contributed by atoms with Crippen LogP contribution in [-0.4, -0.2) is 60.2 Å². The van der Waals surface area contributed by atoms with Crippen LogP contribution in [0.25, 0.3) is 0 Å². The van der Waals surface area contributed by atoms with E-state index in [1.807, 2.05) is 27.7 Å². The van der Waals surface area contributed by atoms with Gasteiger partial charge in [-0.15, -0.1) is 0 Å². The molecule has 1 aliphatic heterocycles. The predicted molar refractivity (Wildman–Crippen MR) is 122 cm³/mol. The third-order valence-corrected chi connectivity index (χ3v) is 5.92. The van der Waals surface area contributed by atoms with Crippen LogP contribution in [0.15, 0.2) is 23.5 Å². The van der Waals surface area contributed by atoms with E-state index >= 15 is 0 Å². The molecular weight excluding hydrogens is 460 g/mol. The van der Waals surface area contributed by atoms with Crippen molar-refractivity contribution in [2.75, 3.05) is 13.2 Å². The third-order valence-electron chi connectivity index (χ3n) is 5.92. The summed E-state index contributed by atoms with van der Waals surface area (Å²) in [4.78, 5) is 48.0. The average molecular weight is 497 g/mol. The first kappa shape index (κ1) is 28.4. The van der Waals surface area contributed by atoms with Crippen LogP contribution in [0.4, 0.5) is 0 Å². The van der Waals surface area contributed by atoms with Gasteiger partial charge in [-0.25, -0.2) is 0 Å². The largest absolute Gasteiger partial charge is 0.463 e. The maximum absolute atomic E-state index is 12.6. The molecule has 10 heteroatoms. The Morgan fingerprint density at radius 3 is 2.23 bits per heavy atom. The molecule has 0 amide bonds. The second kappa shape index (κ2) is 12.2. The number of carbonyl (C=O) groups excluding carboxylic acids is 4. The first-order valence-corrected chi connectivity index (χ1v) is 11.8. The zero-order chi connectivity index (χ0) is 26.3. The van der Waals surface area contributed by atoms with Gasteiger partial charge in [0.05, 0.1) is 12.2 Å². The number of aliphatic hydroxyl groups is 1. The maximum Gasteiger partial charge on any atom is 0.309 e. The average Bonchev–Trinajstić information content (AvgIpc) is 3.03. The van der Waals surface area contributed by atoms with Crippen LogP contribution in [0.2, 0.25) is 0 Å². The molecule has 0 saturated heterocycles. The normalized spacial score (nSPS) is 26.0. The summed E-state index contributed by atoms with van der Waals surface area (Å²) in [6.07, 6.45) is 1.29. The van der Waals surface area contributed by atoms with E-state index in [9.17, 15) is 24.3 Å².